The molecule has 0 bridgehead atoms. The largest absolute Gasteiger partial charge is 0.345 e. The van der Waals surface area contributed by atoms with Crippen LogP contribution in [0.1, 0.15) is 72.2 Å². The first-order valence-electron chi connectivity index (χ1n) is 13.6. The van der Waals surface area contributed by atoms with Gasteiger partial charge in [0.2, 0.25) is 0 Å². The lowest BCUT2D eigenvalue weighted by Crippen LogP contribution is -2.36. The van der Waals surface area contributed by atoms with Crippen LogP contribution >= 0.6 is 0 Å². The molecule has 0 spiro atoms. The molecule has 0 aliphatic heterocycles. The number of aromatic amines is 1. The number of halogens is 1. The highest BCUT2D eigenvalue weighted by Crippen LogP contribution is 2.38. The van der Waals surface area contributed by atoms with Crippen molar-refractivity contribution in [3.05, 3.63) is 71.6 Å². The first kappa shape index (κ1) is 26.6. The summed E-state index contributed by atoms with van der Waals surface area (Å²) in [7, 11) is 3.35. The topological polar surface area (TPSA) is 95.9 Å². The number of nitrogens with zero attached hydrogens (tertiary/aromatic N) is 4. The van der Waals surface area contributed by atoms with Crippen LogP contribution in [0.4, 0.5) is 4.39 Å². The molecule has 39 heavy (non-hydrogen) atoms. The lowest BCUT2D eigenvalue weighted by Gasteiger charge is -2.32. The molecule has 2 amide bonds. The SMILES string of the molecule is CCn1nccc1C(=O)N[C@H](c1nc2c(F)c(-c3ccccc3C(=O)N(C)C)ccc2[nH]1)[C@H]1CC[C@H](C)CC1. The fourth-order valence-corrected chi connectivity index (χ4v) is 5.58. The van der Waals surface area contributed by atoms with Gasteiger partial charge in [0.1, 0.15) is 17.0 Å². The quantitative estimate of drug-likeness (QED) is 0.326. The van der Waals surface area contributed by atoms with Gasteiger partial charge in [0.25, 0.3) is 11.8 Å². The lowest BCUT2D eigenvalue weighted by atomic mass is 9.79. The number of nitrogens with one attached hydrogen (secondary N) is 2. The second-order valence-corrected chi connectivity index (χ2v) is 10.7. The van der Waals surface area contributed by atoms with E-state index in [1.807, 2.05) is 6.92 Å². The molecule has 204 valence electrons. The van der Waals surface area contributed by atoms with E-state index in [1.165, 1.54) is 4.90 Å². The van der Waals surface area contributed by atoms with E-state index < -0.39 is 11.9 Å². The van der Waals surface area contributed by atoms with Crippen molar-refractivity contribution in [2.45, 2.75) is 52.1 Å². The van der Waals surface area contributed by atoms with Gasteiger partial charge < -0.3 is 15.2 Å². The summed E-state index contributed by atoms with van der Waals surface area (Å²) in [6.45, 7) is 4.77. The Balaban J connectivity index is 1.54. The number of aryl methyl sites for hydroxylation is 1. The molecule has 4 aromatic rings. The maximum absolute atomic E-state index is 16.0. The molecule has 1 fully saturated rings. The number of rotatable bonds is 7. The van der Waals surface area contributed by atoms with Gasteiger partial charge in [-0.05, 0) is 61.4 Å². The molecular formula is C30H35FN6O2. The normalized spacial score (nSPS) is 18.2. The summed E-state index contributed by atoms with van der Waals surface area (Å²) in [6, 6.07) is 11.8. The highest BCUT2D eigenvalue weighted by Gasteiger charge is 2.32. The summed E-state index contributed by atoms with van der Waals surface area (Å²) in [5, 5.41) is 7.42. The molecule has 0 saturated heterocycles. The number of benzene rings is 2. The van der Waals surface area contributed by atoms with Crippen molar-refractivity contribution in [2.75, 3.05) is 14.1 Å². The lowest BCUT2D eigenvalue weighted by molar-refractivity contribution is 0.0827. The van der Waals surface area contributed by atoms with E-state index in [0.717, 1.165) is 25.7 Å². The number of amides is 2. The maximum Gasteiger partial charge on any atom is 0.270 e. The summed E-state index contributed by atoms with van der Waals surface area (Å²) >= 11 is 0. The van der Waals surface area contributed by atoms with E-state index in [9.17, 15) is 9.59 Å². The van der Waals surface area contributed by atoms with E-state index in [-0.39, 0.29) is 23.2 Å². The summed E-state index contributed by atoms with van der Waals surface area (Å²) in [5.41, 5.74) is 2.47. The predicted molar refractivity (Wildman–Crippen MR) is 149 cm³/mol. The number of imidazole rings is 1. The highest BCUT2D eigenvalue weighted by atomic mass is 19.1. The Morgan fingerprint density at radius 2 is 1.85 bits per heavy atom. The maximum atomic E-state index is 16.0. The number of fused-ring (bicyclic) bond motifs is 1. The summed E-state index contributed by atoms with van der Waals surface area (Å²) in [6.07, 6.45) is 5.65. The van der Waals surface area contributed by atoms with Crippen LogP contribution in [-0.2, 0) is 6.54 Å². The van der Waals surface area contributed by atoms with Crippen molar-refractivity contribution in [3.8, 4) is 11.1 Å². The molecule has 0 unspecified atom stereocenters. The average molecular weight is 531 g/mol. The summed E-state index contributed by atoms with van der Waals surface area (Å²) in [5.74, 6) is 0.420. The van der Waals surface area contributed by atoms with Gasteiger partial charge in [-0.1, -0.05) is 38.0 Å². The van der Waals surface area contributed by atoms with Crippen molar-refractivity contribution in [1.29, 1.82) is 0 Å². The van der Waals surface area contributed by atoms with Gasteiger partial charge in [-0.15, -0.1) is 0 Å². The minimum absolute atomic E-state index is 0.171. The number of aromatic nitrogens is 4. The Hall–Kier alpha value is -4.01. The predicted octanol–water partition coefficient (Wildman–Crippen LogP) is 5.58. The van der Waals surface area contributed by atoms with Crippen molar-refractivity contribution in [1.82, 2.24) is 30.0 Å². The van der Waals surface area contributed by atoms with Crippen LogP contribution in [0.25, 0.3) is 22.2 Å². The average Bonchev–Trinajstić information content (AvgIpc) is 3.60. The van der Waals surface area contributed by atoms with Crippen LogP contribution in [-0.4, -0.2) is 50.6 Å². The molecule has 1 atom stereocenters. The van der Waals surface area contributed by atoms with E-state index in [4.69, 9.17) is 4.98 Å². The van der Waals surface area contributed by atoms with Gasteiger partial charge in [-0.3, -0.25) is 14.3 Å². The summed E-state index contributed by atoms with van der Waals surface area (Å²) < 4.78 is 17.7. The van der Waals surface area contributed by atoms with Crippen LogP contribution < -0.4 is 5.32 Å². The molecule has 1 saturated carbocycles. The third kappa shape index (κ3) is 5.17. The molecule has 9 heteroatoms. The molecule has 2 aromatic carbocycles. The van der Waals surface area contributed by atoms with E-state index >= 15 is 4.39 Å². The molecule has 8 nitrogen and oxygen atoms in total. The Morgan fingerprint density at radius 3 is 2.56 bits per heavy atom. The fourth-order valence-electron chi connectivity index (χ4n) is 5.58. The number of hydrogen-bond donors (Lipinski definition) is 2. The Kier molecular flexibility index (Phi) is 7.50. The Labute approximate surface area is 227 Å². The molecular weight excluding hydrogens is 495 g/mol. The smallest absolute Gasteiger partial charge is 0.270 e. The zero-order valence-corrected chi connectivity index (χ0v) is 22.9. The zero-order chi connectivity index (χ0) is 27.7. The number of hydrogen-bond acceptors (Lipinski definition) is 4. The molecule has 0 radical (unpaired) electrons. The molecule has 2 aromatic heterocycles. The van der Waals surface area contributed by atoms with Crippen molar-refractivity contribution in [3.63, 3.8) is 0 Å². The van der Waals surface area contributed by atoms with E-state index in [1.54, 1.807) is 67.4 Å². The van der Waals surface area contributed by atoms with Crippen LogP contribution in [0.15, 0.2) is 48.7 Å². The molecule has 1 aliphatic carbocycles. The molecule has 1 aliphatic rings. The first-order chi connectivity index (χ1) is 18.8. The standard InChI is InChI=1S/C30H35FN6O2/c1-5-37-24(16-17-32-37)29(38)35-26(19-12-10-18(2)11-13-19)28-33-23-15-14-21(25(31)27(23)34-28)20-8-6-7-9-22(20)30(39)36(3)4/h6-9,14-19,26H,5,10-13H2,1-4H3,(H,33,34)(H,35,38)/t18-,19-,26-/m0/s1. The molecule has 2 N–H and O–H groups in total. The van der Waals surface area contributed by atoms with Gasteiger partial charge in [-0.25, -0.2) is 9.37 Å². The van der Waals surface area contributed by atoms with Gasteiger partial charge in [0.05, 0.1) is 11.6 Å². The van der Waals surface area contributed by atoms with E-state index in [2.05, 4.69) is 22.3 Å². The van der Waals surface area contributed by atoms with Crippen LogP contribution in [0.3, 0.4) is 0 Å². The number of carbonyl (C=O) groups excluding carboxylic acids is 2. The second-order valence-electron chi connectivity index (χ2n) is 10.7. The zero-order valence-electron chi connectivity index (χ0n) is 22.9. The first-order valence-corrected chi connectivity index (χ1v) is 13.6. The van der Waals surface area contributed by atoms with Gasteiger partial charge >= 0.3 is 0 Å². The minimum atomic E-state index is -0.500. The highest BCUT2D eigenvalue weighted by molar-refractivity contribution is 6.01. The fraction of sp³-hybridized carbons (Fsp3) is 0.400. The monoisotopic (exact) mass is 530 g/mol. The Bertz CT molecular complexity index is 1500. The minimum Gasteiger partial charge on any atom is -0.345 e. The van der Waals surface area contributed by atoms with E-state index in [0.29, 0.717) is 46.2 Å². The van der Waals surface area contributed by atoms with Crippen molar-refractivity contribution < 1.29 is 14.0 Å². The van der Waals surface area contributed by atoms with Crippen LogP contribution in [0.2, 0.25) is 0 Å². The van der Waals surface area contributed by atoms with Crippen molar-refractivity contribution >= 4 is 22.8 Å². The van der Waals surface area contributed by atoms with Gasteiger partial charge in [0, 0.05) is 38.0 Å². The number of carbonyl (C=O) groups is 2. The van der Waals surface area contributed by atoms with Gasteiger partial charge in [-0.2, -0.15) is 5.10 Å². The summed E-state index contributed by atoms with van der Waals surface area (Å²) in [4.78, 5) is 35.6. The molecule has 2 heterocycles. The number of H-pyrrole nitrogens is 1. The van der Waals surface area contributed by atoms with Crippen LogP contribution in [0, 0.1) is 17.7 Å². The van der Waals surface area contributed by atoms with Crippen molar-refractivity contribution in [2.24, 2.45) is 11.8 Å². The Morgan fingerprint density at radius 1 is 1.10 bits per heavy atom. The molecule has 5 rings (SSSR count). The van der Waals surface area contributed by atoms with Gasteiger partial charge in [0.15, 0.2) is 5.82 Å². The third-order valence-corrected chi connectivity index (χ3v) is 7.83. The van der Waals surface area contributed by atoms with Crippen LogP contribution in [0.5, 0.6) is 0 Å². The second kappa shape index (κ2) is 11.0. The third-order valence-electron chi connectivity index (χ3n) is 7.83.